The lowest BCUT2D eigenvalue weighted by Crippen LogP contribution is -1.91. The Bertz CT molecular complexity index is 775. The predicted molar refractivity (Wildman–Crippen MR) is 82.2 cm³/mol. The number of nitriles is 1. The zero-order chi connectivity index (χ0) is 14.5. The van der Waals surface area contributed by atoms with E-state index in [-0.39, 0.29) is 0 Å². The van der Waals surface area contributed by atoms with Gasteiger partial charge in [-0.15, -0.1) is 0 Å². The molecule has 0 aliphatic carbocycles. The minimum atomic E-state index is 0.385. The Kier molecular flexibility index (Phi) is 3.70. The number of hydrogen-bond acceptors (Lipinski definition) is 3. The molecule has 0 fully saturated rings. The number of nitrogens with zero attached hydrogens (tertiary/aromatic N) is 3. The summed E-state index contributed by atoms with van der Waals surface area (Å²) >= 11 is 0. The van der Waals surface area contributed by atoms with Crippen LogP contribution in [-0.4, -0.2) is 9.97 Å². The molecule has 0 amide bonds. The van der Waals surface area contributed by atoms with E-state index in [1.807, 2.05) is 24.3 Å². The SMILES string of the molecule is N#CCc1cc(-c2ccncc2)ccc1-c1ccncc1. The second kappa shape index (κ2) is 5.98. The van der Waals surface area contributed by atoms with Gasteiger partial charge in [0.2, 0.25) is 0 Å². The van der Waals surface area contributed by atoms with Crippen molar-refractivity contribution < 1.29 is 0 Å². The molecule has 3 aromatic rings. The van der Waals surface area contributed by atoms with Crippen LogP contribution in [-0.2, 0) is 6.42 Å². The van der Waals surface area contributed by atoms with Gasteiger partial charge in [-0.25, -0.2) is 0 Å². The van der Waals surface area contributed by atoms with Gasteiger partial charge in [-0.2, -0.15) is 5.26 Å². The Morgan fingerprint density at radius 3 is 2.00 bits per heavy atom. The van der Waals surface area contributed by atoms with E-state index in [0.717, 1.165) is 27.8 Å². The van der Waals surface area contributed by atoms with Gasteiger partial charge in [-0.3, -0.25) is 9.97 Å². The fraction of sp³-hybridized carbons (Fsp3) is 0.0556. The Morgan fingerprint density at radius 1 is 0.762 bits per heavy atom. The van der Waals surface area contributed by atoms with Crippen molar-refractivity contribution in [2.75, 3.05) is 0 Å². The molecular formula is C18H13N3. The zero-order valence-corrected chi connectivity index (χ0v) is 11.4. The Hall–Kier alpha value is -2.99. The highest BCUT2D eigenvalue weighted by Gasteiger charge is 2.07. The first-order valence-electron chi connectivity index (χ1n) is 6.69. The summed E-state index contributed by atoms with van der Waals surface area (Å²) in [6.07, 6.45) is 7.47. The van der Waals surface area contributed by atoms with E-state index in [1.54, 1.807) is 24.8 Å². The van der Waals surface area contributed by atoms with Crippen molar-refractivity contribution in [1.82, 2.24) is 9.97 Å². The molecule has 3 heteroatoms. The molecule has 0 spiro atoms. The maximum Gasteiger partial charge on any atom is 0.0669 e. The van der Waals surface area contributed by atoms with Crippen molar-refractivity contribution in [2.24, 2.45) is 0 Å². The third-order valence-corrected chi connectivity index (χ3v) is 3.38. The summed E-state index contributed by atoms with van der Waals surface area (Å²) in [5.41, 5.74) is 5.39. The molecule has 0 saturated heterocycles. The summed E-state index contributed by atoms with van der Waals surface area (Å²) in [5, 5.41) is 9.08. The largest absolute Gasteiger partial charge is 0.265 e. The Labute approximate surface area is 123 Å². The number of pyridine rings is 2. The van der Waals surface area contributed by atoms with Crippen molar-refractivity contribution in [2.45, 2.75) is 6.42 Å². The average Bonchev–Trinajstić information content (AvgIpc) is 2.57. The predicted octanol–water partition coefficient (Wildman–Crippen LogP) is 3.88. The summed E-state index contributed by atoms with van der Waals surface area (Å²) in [5.74, 6) is 0. The van der Waals surface area contributed by atoms with Gasteiger partial charge in [0.15, 0.2) is 0 Å². The maximum absolute atomic E-state index is 9.08. The number of aromatic nitrogens is 2. The first-order valence-corrected chi connectivity index (χ1v) is 6.69. The van der Waals surface area contributed by atoms with Crippen LogP contribution < -0.4 is 0 Å². The molecule has 3 rings (SSSR count). The number of hydrogen-bond donors (Lipinski definition) is 0. The molecule has 2 heterocycles. The van der Waals surface area contributed by atoms with Crippen molar-refractivity contribution in [1.29, 1.82) is 5.26 Å². The topological polar surface area (TPSA) is 49.6 Å². The zero-order valence-electron chi connectivity index (χ0n) is 11.4. The highest BCUT2D eigenvalue weighted by Crippen LogP contribution is 2.28. The van der Waals surface area contributed by atoms with E-state index < -0.39 is 0 Å². The van der Waals surface area contributed by atoms with E-state index in [2.05, 4.69) is 34.2 Å². The van der Waals surface area contributed by atoms with E-state index in [9.17, 15) is 0 Å². The summed E-state index contributed by atoms with van der Waals surface area (Å²) in [6.45, 7) is 0. The molecular weight excluding hydrogens is 258 g/mol. The molecule has 0 radical (unpaired) electrons. The Balaban J connectivity index is 2.10. The maximum atomic E-state index is 9.08. The quantitative estimate of drug-likeness (QED) is 0.726. The lowest BCUT2D eigenvalue weighted by atomic mass is 9.94. The third-order valence-electron chi connectivity index (χ3n) is 3.38. The fourth-order valence-corrected chi connectivity index (χ4v) is 2.36. The van der Waals surface area contributed by atoms with Crippen molar-refractivity contribution in [3.8, 4) is 28.3 Å². The molecule has 2 aromatic heterocycles. The van der Waals surface area contributed by atoms with Crippen LogP contribution in [0.5, 0.6) is 0 Å². The van der Waals surface area contributed by atoms with Crippen LogP contribution in [0.15, 0.2) is 67.3 Å². The third kappa shape index (κ3) is 2.80. The minimum Gasteiger partial charge on any atom is -0.265 e. The number of benzene rings is 1. The average molecular weight is 271 g/mol. The first kappa shape index (κ1) is 13.0. The van der Waals surface area contributed by atoms with Gasteiger partial charge in [-0.05, 0) is 58.1 Å². The van der Waals surface area contributed by atoms with Crippen LogP contribution in [0, 0.1) is 11.3 Å². The van der Waals surface area contributed by atoms with Crippen molar-refractivity contribution in [3.05, 3.63) is 72.8 Å². The summed E-state index contributed by atoms with van der Waals surface area (Å²) in [7, 11) is 0. The van der Waals surface area contributed by atoms with E-state index >= 15 is 0 Å². The summed E-state index contributed by atoms with van der Waals surface area (Å²) in [4.78, 5) is 8.08. The van der Waals surface area contributed by atoms with Crippen LogP contribution in [0.25, 0.3) is 22.3 Å². The lowest BCUT2D eigenvalue weighted by molar-refractivity contribution is 1.25. The second-order valence-corrected chi connectivity index (χ2v) is 4.68. The van der Waals surface area contributed by atoms with Gasteiger partial charge < -0.3 is 0 Å². The molecule has 3 nitrogen and oxygen atoms in total. The summed E-state index contributed by atoms with van der Waals surface area (Å²) in [6, 6.07) is 16.3. The van der Waals surface area contributed by atoms with Crippen molar-refractivity contribution in [3.63, 3.8) is 0 Å². The number of rotatable bonds is 3. The van der Waals surface area contributed by atoms with Gasteiger partial charge in [0, 0.05) is 24.8 Å². The normalized spacial score (nSPS) is 10.0. The van der Waals surface area contributed by atoms with Gasteiger partial charge in [0.25, 0.3) is 0 Å². The molecule has 100 valence electrons. The Morgan fingerprint density at radius 2 is 1.38 bits per heavy atom. The fourth-order valence-electron chi connectivity index (χ4n) is 2.36. The molecule has 0 aliphatic rings. The highest BCUT2D eigenvalue weighted by atomic mass is 14.6. The van der Waals surface area contributed by atoms with Crippen molar-refractivity contribution >= 4 is 0 Å². The minimum absolute atomic E-state index is 0.385. The standard InChI is InChI=1S/C18H13N3/c19-8-3-17-13-16(14-4-9-20-10-5-14)1-2-18(17)15-6-11-21-12-7-15/h1-2,4-7,9-13H,3H2. The van der Waals surface area contributed by atoms with E-state index in [4.69, 9.17) is 5.26 Å². The molecule has 0 saturated carbocycles. The van der Waals surface area contributed by atoms with Gasteiger partial charge in [0.05, 0.1) is 12.5 Å². The van der Waals surface area contributed by atoms with Gasteiger partial charge >= 0.3 is 0 Å². The first-order chi connectivity index (χ1) is 10.4. The molecule has 0 bridgehead atoms. The van der Waals surface area contributed by atoms with Crippen LogP contribution in [0.2, 0.25) is 0 Å². The van der Waals surface area contributed by atoms with E-state index in [0.29, 0.717) is 6.42 Å². The van der Waals surface area contributed by atoms with Gasteiger partial charge in [-0.1, -0.05) is 12.1 Å². The van der Waals surface area contributed by atoms with Crippen LogP contribution in [0.4, 0.5) is 0 Å². The molecule has 0 aliphatic heterocycles. The molecule has 21 heavy (non-hydrogen) atoms. The van der Waals surface area contributed by atoms with Crippen LogP contribution in [0.3, 0.4) is 0 Å². The smallest absolute Gasteiger partial charge is 0.0669 e. The van der Waals surface area contributed by atoms with Crippen LogP contribution in [0.1, 0.15) is 5.56 Å². The lowest BCUT2D eigenvalue weighted by Gasteiger charge is -2.10. The monoisotopic (exact) mass is 271 g/mol. The molecule has 0 N–H and O–H groups in total. The molecule has 1 aromatic carbocycles. The molecule has 0 unspecified atom stereocenters. The highest BCUT2D eigenvalue weighted by molar-refractivity contribution is 5.73. The molecule has 0 atom stereocenters. The summed E-state index contributed by atoms with van der Waals surface area (Å²) < 4.78 is 0. The van der Waals surface area contributed by atoms with Gasteiger partial charge in [0.1, 0.15) is 0 Å². The van der Waals surface area contributed by atoms with E-state index in [1.165, 1.54) is 0 Å². The second-order valence-electron chi connectivity index (χ2n) is 4.68. The van der Waals surface area contributed by atoms with Crippen LogP contribution >= 0.6 is 0 Å².